The Kier molecular flexibility index (Phi) is 6.43. The fourth-order valence-electron chi connectivity index (χ4n) is 5.79. The summed E-state index contributed by atoms with van der Waals surface area (Å²) in [7, 11) is 0. The minimum Gasteiger partial charge on any atom is -0.465 e. The highest BCUT2D eigenvalue weighted by molar-refractivity contribution is 5.99. The molecule has 2 unspecified atom stereocenters. The Morgan fingerprint density at radius 3 is 2.46 bits per heavy atom. The molecule has 3 atom stereocenters. The van der Waals surface area contributed by atoms with E-state index >= 15 is 0 Å². The van der Waals surface area contributed by atoms with Crippen molar-refractivity contribution in [3.8, 4) is 0 Å². The lowest BCUT2D eigenvalue weighted by Gasteiger charge is -2.46. The molecule has 37 heavy (non-hydrogen) atoms. The summed E-state index contributed by atoms with van der Waals surface area (Å²) < 4.78 is 0. The van der Waals surface area contributed by atoms with E-state index in [9.17, 15) is 19.5 Å². The van der Waals surface area contributed by atoms with Crippen LogP contribution in [0.3, 0.4) is 0 Å². The molecule has 2 aliphatic rings. The summed E-state index contributed by atoms with van der Waals surface area (Å²) in [6, 6.07) is 16.3. The molecule has 0 bridgehead atoms. The zero-order valence-corrected chi connectivity index (χ0v) is 21.5. The number of benzene rings is 2. The van der Waals surface area contributed by atoms with Crippen molar-refractivity contribution in [3.05, 3.63) is 71.4 Å². The molecule has 0 saturated carbocycles. The molecule has 8 heteroatoms. The molecular formula is C29H34N4O4. The van der Waals surface area contributed by atoms with Crippen LogP contribution in [0.15, 0.2) is 54.6 Å². The number of hydrogen-bond donors (Lipinski definition) is 3. The Balaban J connectivity index is 1.41. The van der Waals surface area contributed by atoms with Crippen LogP contribution in [0.25, 0.3) is 10.9 Å². The highest BCUT2D eigenvalue weighted by atomic mass is 16.4. The van der Waals surface area contributed by atoms with Crippen molar-refractivity contribution in [2.45, 2.75) is 70.1 Å². The predicted molar refractivity (Wildman–Crippen MR) is 141 cm³/mol. The Hall–Kier alpha value is -3.81. The van der Waals surface area contributed by atoms with Crippen LogP contribution in [0.4, 0.5) is 4.79 Å². The Morgan fingerprint density at radius 2 is 1.76 bits per heavy atom. The van der Waals surface area contributed by atoms with Gasteiger partial charge in [-0.3, -0.25) is 9.59 Å². The molecule has 2 aromatic carbocycles. The molecule has 1 aromatic heterocycles. The minimum atomic E-state index is -0.953. The second-order valence-corrected chi connectivity index (χ2v) is 11.0. The first-order valence-corrected chi connectivity index (χ1v) is 12.9. The van der Waals surface area contributed by atoms with Crippen molar-refractivity contribution in [3.63, 3.8) is 0 Å². The Morgan fingerprint density at radius 1 is 1.05 bits per heavy atom. The largest absolute Gasteiger partial charge is 0.465 e. The van der Waals surface area contributed by atoms with Gasteiger partial charge in [-0.1, -0.05) is 48.5 Å². The number of unbranched alkanes of at least 4 members (excludes halogenated alkanes) is 1. The van der Waals surface area contributed by atoms with Crippen LogP contribution in [-0.4, -0.2) is 62.0 Å². The number of fused-ring (bicyclic) bond motifs is 4. The van der Waals surface area contributed by atoms with Crippen molar-refractivity contribution >= 4 is 28.8 Å². The zero-order chi connectivity index (χ0) is 26.3. The van der Waals surface area contributed by atoms with E-state index in [-0.39, 0.29) is 17.9 Å². The normalized spacial score (nSPS) is 21.4. The SMILES string of the molecule is CC(C)(C)N(CCCCC1NC(=O)[C@@H]2Cc3c([nH]c4ccccc34)C(c3ccccc3)N2C1=O)C(=O)O. The molecule has 194 valence electrons. The zero-order valence-electron chi connectivity index (χ0n) is 21.5. The number of nitrogens with zero attached hydrogens (tertiary/aromatic N) is 2. The molecular weight excluding hydrogens is 468 g/mol. The van der Waals surface area contributed by atoms with Gasteiger partial charge in [-0.15, -0.1) is 0 Å². The molecule has 2 aliphatic heterocycles. The van der Waals surface area contributed by atoms with Crippen molar-refractivity contribution < 1.29 is 19.5 Å². The number of amides is 3. The molecule has 1 fully saturated rings. The van der Waals surface area contributed by atoms with Gasteiger partial charge in [-0.2, -0.15) is 0 Å². The fraction of sp³-hybridized carbons (Fsp3) is 0.414. The van der Waals surface area contributed by atoms with Crippen molar-refractivity contribution in [2.75, 3.05) is 6.54 Å². The lowest BCUT2D eigenvalue weighted by atomic mass is 9.85. The molecule has 5 rings (SSSR count). The number of carbonyl (C=O) groups is 3. The summed E-state index contributed by atoms with van der Waals surface area (Å²) in [5, 5.41) is 13.6. The van der Waals surface area contributed by atoms with E-state index < -0.39 is 23.7 Å². The van der Waals surface area contributed by atoms with Crippen LogP contribution in [-0.2, 0) is 16.0 Å². The van der Waals surface area contributed by atoms with Crippen LogP contribution in [0.2, 0.25) is 0 Å². The third-order valence-corrected chi connectivity index (χ3v) is 7.58. The lowest BCUT2D eigenvalue weighted by molar-refractivity contribution is -0.152. The molecule has 0 spiro atoms. The predicted octanol–water partition coefficient (Wildman–Crippen LogP) is 4.46. The van der Waals surface area contributed by atoms with Gasteiger partial charge in [0.1, 0.15) is 12.1 Å². The summed E-state index contributed by atoms with van der Waals surface area (Å²) in [6.07, 6.45) is 1.22. The molecule has 0 aliphatic carbocycles. The number of nitrogens with one attached hydrogen (secondary N) is 2. The number of hydrogen-bond acceptors (Lipinski definition) is 3. The van der Waals surface area contributed by atoms with E-state index in [1.165, 1.54) is 4.90 Å². The number of para-hydroxylation sites is 1. The Labute approximate surface area is 216 Å². The van der Waals surface area contributed by atoms with Gasteiger partial charge >= 0.3 is 6.09 Å². The van der Waals surface area contributed by atoms with Gasteiger partial charge in [0.15, 0.2) is 0 Å². The van der Waals surface area contributed by atoms with Crippen LogP contribution in [0, 0.1) is 0 Å². The molecule has 3 heterocycles. The smallest absolute Gasteiger partial charge is 0.407 e. The number of aromatic amines is 1. The maximum Gasteiger partial charge on any atom is 0.407 e. The summed E-state index contributed by atoms with van der Waals surface area (Å²) in [5.41, 5.74) is 3.52. The first kappa shape index (κ1) is 24.9. The van der Waals surface area contributed by atoms with E-state index in [1.54, 1.807) is 4.90 Å². The standard InChI is InChI=1S/C29H34N4O4/c1-29(2,3)32(28(36)37)16-10-9-15-22-27(35)33-23(26(34)31-22)17-20-19-13-7-8-14-21(19)30-24(20)25(33)18-11-5-4-6-12-18/h4-8,11-14,22-23,25,30H,9-10,15-17H2,1-3H3,(H,31,34)(H,36,37)/t22?,23-,25?/m0/s1. The number of carbonyl (C=O) groups excluding carboxylic acids is 2. The van der Waals surface area contributed by atoms with Crippen molar-refractivity contribution in [1.29, 1.82) is 0 Å². The third kappa shape index (κ3) is 4.56. The van der Waals surface area contributed by atoms with Crippen LogP contribution >= 0.6 is 0 Å². The molecule has 0 radical (unpaired) electrons. The van der Waals surface area contributed by atoms with E-state index in [2.05, 4.69) is 16.4 Å². The maximum absolute atomic E-state index is 13.9. The topological polar surface area (TPSA) is 106 Å². The van der Waals surface area contributed by atoms with Gasteiger partial charge in [-0.05, 0) is 57.2 Å². The lowest BCUT2D eigenvalue weighted by Crippen LogP contribution is -2.65. The number of rotatable bonds is 6. The Bertz CT molecular complexity index is 1330. The van der Waals surface area contributed by atoms with Gasteiger partial charge in [0.25, 0.3) is 0 Å². The number of piperazine rings is 1. The monoisotopic (exact) mass is 502 g/mol. The average molecular weight is 503 g/mol. The van der Waals surface area contributed by atoms with Crippen molar-refractivity contribution in [1.82, 2.24) is 20.1 Å². The summed E-state index contributed by atoms with van der Waals surface area (Å²) in [6.45, 7) is 5.98. The highest BCUT2D eigenvalue weighted by Gasteiger charge is 2.48. The van der Waals surface area contributed by atoms with Crippen molar-refractivity contribution in [2.24, 2.45) is 0 Å². The van der Waals surface area contributed by atoms with E-state index in [0.717, 1.165) is 27.7 Å². The van der Waals surface area contributed by atoms with E-state index in [0.29, 0.717) is 32.2 Å². The number of carboxylic acid groups (broad SMARTS) is 1. The minimum absolute atomic E-state index is 0.0892. The summed E-state index contributed by atoms with van der Waals surface area (Å²) in [4.78, 5) is 45.7. The summed E-state index contributed by atoms with van der Waals surface area (Å²) in [5.74, 6) is -0.225. The first-order chi connectivity index (χ1) is 17.7. The quantitative estimate of drug-likeness (QED) is 0.433. The highest BCUT2D eigenvalue weighted by Crippen LogP contribution is 2.42. The second-order valence-electron chi connectivity index (χ2n) is 11.0. The second kappa shape index (κ2) is 9.57. The molecule has 3 aromatic rings. The van der Waals surface area contributed by atoms with Gasteiger partial charge in [0, 0.05) is 35.1 Å². The van der Waals surface area contributed by atoms with Gasteiger partial charge in [0.05, 0.1) is 6.04 Å². The molecule has 3 N–H and O–H groups in total. The van der Waals surface area contributed by atoms with E-state index in [4.69, 9.17) is 0 Å². The van der Waals surface area contributed by atoms with Gasteiger partial charge in [0.2, 0.25) is 11.8 Å². The first-order valence-electron chi connectivity index (χ1n) is 12.9. The van der Waals surface area contributed by atoms with Crippen LogP contribution in [0.5, 0.6) is 0 Å². The van der Waals surface area contributed by atoms with Gasteiger partial charge < -0.3 is 25.2 Å². The van der Waals surface area contributed by atoms with Gasteiger partial charge in [-0.25, -0.2) is 4.79 Å². The number of aromatic nitrogens is 1. The molecule has 8 nitrogen and oxygen atoms in total. The molecule has 3 amide bonds. The average Bonchev–Trinajstić information content (AvgIpc) is 3.23. The number of H-pyrrole nitrogens is 1. The maximum atomic E-state index is 13.9. The van der Waals surface area contributed by atoms with Crippen LogP contribution in [0.1, 0.15) is 62.9 Å². The summed E-state index contributed by atoms with van der Waals surface area (Å²) >= 11 is 0. The van der Waals surface area contributed by atoms with Crippen LogP contribution < -0.4 is 5.32 Å². The fourth-order valence-corrected chi connectivity index (χ4v) is 5.79. The van der Waals surface area contributed by atoms with E-state index in [1.807, 2.05) is 69.3 Å². The third-order valence-electron chi connectivity index (χ3n) is 7.58. The molecule has 1 saturated heterocycles.